The molecule has 0 aliphatic heterocycles. The number of aromatic amines is 1. The molecule has 0 radical (unpaired) electrons. The second-order valence-corrected chi connectivity index (χ2v) is 7.44. The molecule has 3 aromatic rings. The zero-order chi connectivity index (χ0) is 19.4. The fourth-order valence-electron chi connectivity index (χ4n) is 3.25. The maximum atomic E-state index is 12.6. The van der Waals surface area contributed by atoms with E-state index in [1.54, 1.807) is 6.07 Å². The quantitative estimate of drug-likeness (QED) is 0.633. The Balaban J connectivity index is 2.05. The van der Waals surface area contributed by atoms with Crippen molar-refractivity contribution >= 4 is 28.4 Å². The maximum Gasteiger partial charge on any atom is 0.220 e. The van der Waals surface area contributed by atoms with E-state index in [1.807, 2.05) is 42.6 Å². The minimum atomic E-state index is -0.242. The lowest BCUT2D eigenvalue weighted by molar-refractivity contribution is -0.121. The third-order valence-corrected chi connectivity index (χ3v) is 5.04. The highest BCUT2D eigenvalue weighted by molar-refractivity contribution is 6.32. The van der Waals surface area contributed by atoms with Gasteiger partial charge in [-0.25, -0.2) is 0 Å². The van der Waals surface area contributed by atoms with Crippen LogP contribution in [0.25, 0.3) is 10.9 Å². The van der Waals surface area contributed by atoms with Gasteiger partial charge in [-0.2, -0.15) is 5.26 Å². The summed E-state index contributed by atoms with van der Waals surface area (Å²) in [6.45, 7) is 4.75. The molecule has 0 saturated heterocycles. The van der Waals surface area contributed by atoms with Crippen molar-refractivity contribution in [1.29, 1.82) is 5.26 Å². The van der Waals surface area contributed by atoms with Crippen molar-refractivity contribution in [3.8, 4) is 6.07 Å². The van der Waals surface area contributed by atoms with E-state index in [0.717, 1.165) is 22.0 Å². The number of para-hydroxylation sites is 1. The van der Waals surface area contributed by atoms with Crippen LogP contribution in [-0.2, 0) is 4.79 Å². The number of aromatic nitrogens is 1. The number of benzene rings is 2. The Hall–Kier alpha value is -2.77. The fraction of sp³-hybridized carbons (Fsp3) is 0.273. The zero-order valence-corrected chi connectivity index (χ0v) is 16.2. The SMILES string of the molecule is CC(C)CNC(=O)C[C@@H](c1cccc(C#N)c1Cl)c1c[nH]c2ccccc12. The van der Waals surface area contributed by atoms with Crippen LogP contribution < -0.4 is 5.32 Å². The number of hydrogen-bond donors (Lipinski definition) is 2. The average Bonchev–Trinajstić information content (AvgIpc) is 3.09. The Morgan fingerprint density at radius 3 is 2.70 bits per heavy atom. The van der Waals surface area contributed by atoms with Gasteiger partial charge in [0.25, 0.3) is 0 Å². The van der Waals surface area contributed by atoms with Crippen LogP contribution in [0.2, 0.25) is 5.02 Å². The maximum absolute atomic E-state index is 12.6. The summed E-state index contributed by atoms with van der Waals surface area (Å²) in [6, 6.07) is 15.5. The largest absolute Gasteiger partial charge is 0.361 e. The number of rotatable bonds is 6. The van der Waals surface area contributed by atoms with E-state index in [9.17, 15) is 10.1 Å². The first-order valence-corrected chi connectivity index (χ1v) is 9.40. The van der Waals surface area contributed by atoms with Gasteiger partial charge >= 0.3 is 0 Å². The van der Waals surface area contributed by atoms with Gasteiger partial charge in [0.05, 0.1) is 10.6 Å². The third kappa shape index (κ3) is 4.15. The molecular weight excluding hydrogens is 358 g/mol. The first-order chi connectivity index (χ1) is 13.0. The highest BCUT2D eigenvalue weighted by Gasteiger charge is 2.24. The topological polar surface area (TPSA) is 68.7 Å². The van der Waals surface area contributed by atoms with E-state index in [4.69, 9.17) is 11.6 Å². The lowest BCUT2D eigenvalue weighted by atomic mass is 9.87. The molecule has 1 aromatic heterocycles. The van der Waals surface area contributed by atoms with E-state index in [0.29, 0.717) is 23.0 Å². The van der Waals surface area contributed by atoms with Crippen LogP contribution >= 0.6 is 11.6 Å². The lowest BCUT2D eigenvalue weighted by Crippen LogP contribution is -2.28. The van der Waals surface area contributed by atoms with Crippen LogP contribution in [0.4, 0.5) is 0 Å². The summed E-state index contributed by atoms with van der Waals surface area (Å²) in [5, 5.41) is 13.8. The Bertz CT molecular complexity index is 1000. The summed E-state index contributed by atoms with van der Waals surface area (Å²) in [7, 11) is 0. The second-order valence-electron chi connectivity index (χ2n) is 7.06. The number of nitriles is 1. The fourth-order valence-corrected chi connectivity index (χ4v) is 3.55. The summed E-state index contributed by atoms with van der Waals surface area (Å²) >= 11 is 6.52. The molecule has 0 fully saturated rings. The third-order valence-electron chi connectivity index (χ3n) is 4.62. The number of nitrogens with zero attached hydrogens (tertiary/aromatic N) is 1. The van der Waals surface area contributed by atoms with Crippen LogP contribution in [0.15, 0.2) is 48.7 Å². The normalized spacial score (nSPS) is 12.1. The van der Waals surface area contributed by atoms with Crippen molar-refractivity contribution in [2.75, 3.05) is 6.54 Å². The number of carbonyl (C=O) groups is 1. The molecule has 0 aliphatic carbocycles. The molecule has 138 valence electrons. The van der Waals surface area contributed by atoms with Crippen LogP contribution in [-0.4, -0.2) is 17.4 Å². The average molecular weight is 380 g/mol. The van der Waals surface area contributed by atoms with Gasteiger partial charge in [0.2, 0.25) is 5.91 Å². The number of fused-ring (bicyclic) bond motifs is 1. The molecule has 2 N–H and O–H groups in total. The van der Waals surface area contributed by atoms with E-state index < -0.39 is 0 Å². The van der Waals surface area contributed by atoms with Crippen molar-refractivity contribution in [3.05, 3.63) is 70.4 Å². The molecule has 4 nitrogen and oxygen atoms in total. The highest BCUT2D eigenvalue weighted by Crippen LogP contribution is 2.37. The molecule has 0 aliphatic rings. The summed E-state index contributed by atoms with van der Waals surface area (Å²) < 4.78 is 0. The van der Waals surface area contributed by atoms with Crippen molar-refractivity contribution in [1.82, 2.24) is 10.3 Å². The first-order valence-electron chi connectivity index (χ1n) is 9.02. The molecule has 2 aromatic carbocycles. The Morgan fingerprint density at radius 2 is 1.96 bits per heavy atom. The minimum absolute atomic E-state index is 0.0302. The van der Waals surface area contributed by atoms with Gasteiger partial charge in [-0.15, -0.1) is 0 Å². The summed E-state index contributed by atoms with van der Waals surface area (Å²) in [4.78, 5) is 15.9. The Kier molecular flexibility index (Phi) is 5.83. The van der Waals surface area contributed by atoms with Gasteiger partial charge in [-0.3, -0.25) is 4.79 Å². The van der Waals surface area contributed by atoms with E-state index in [1.165, 1.54) is 0 Å². The number of carbonyl (C=O) groups excluding carboxylic acids is 1. The van der Waals surface area contributed by atoms with Crippen molar-refractivity contribution in [2.45, 2.75) is 26.2 Å². The van der Waals surface area contributed by atoms with Crippen LogP contribution in [0.3, 0.4) is 0 Å². The number of halogens is 1. The van der Waals surface area contributed by atoms with E-state index in [2.05, 4.69) is 30.2 Å². The number of H-pyrrole nitrogens is 1. The van der Waals surface area contributed by atoms with Gasteiger partial charge in [0.15, 0.2) is 0 Å². The molecular formula is C22H22ClN3O. The van der Waals surface area contributed by atoms with Gasteiger partial charge in [0, 0.05) is 36.0 Å². The minimum Gasteiger partial charge on any atom is -0.361 e. The lowest BCUT2D eigenvalue weighted by Gasteiger charge is -2.19. The standard InChI is InChI=1S/C22H22ClN3O/c1-14(2)12-26-21(27)10-18(17-8-5-6-15(11-24)22(17)23)19-13-25-20-9-4-3-7-16(19)20/h3-9,13-14,18,25H,10,12H2,1-2H3,(H,26,27)/t18-/m0/s1. The molecule has 1 amide bonds. The molecule has 0 saturated carbocycles. The number of nitrogens with one attached hydrogen (secondary N) is 2. The molecule has 0 bridgehead atoms. The van der Waals surface area contributed by atoms with Crippen molar-refractivity contribution in [3.63, 3.8) is 0 Å². The van der Waals surface area contributed by atoms with Crippen molar-refractivity contribution in [2.24, 2.45) is 5.92 Å². The molecule has 27 heavy (non-hydrogen) atoms. The van der Waals surface area contributed by atoms with Gasteiger partial charge in [-0.05, 0) is 29.2 Å². The summed E-state index contributed by atoms with van der Waals surface area (Å²) in [5.74, 6) is 0.109. The predicted octanol–water partition coefficient (Wildman–Crippen LogP) is 4.99. The van der Waals surface area contributed by atoms with Crippen LogP contribution in [0.1, 0.15) is 42.9 Å². The predicted molar refractivity (Wildman–Crippen MR) is 109 cm³/mol. The zero-order valence-electron chi connectivity index (χ0n) is 15.4. The van der Waals surface area contributed by atoms with Gasteiger partial charge in [0.1, 0.15) is 6.07 Å². The Morgan fingerprint density at radius 1 is 1.19 bits per heavy atom. The smallest absolute Gasteiger partial charge is 0.220 e. The molecule has 1 heterocycles. The molecule has 1 atom stereocenters. The molecule has 3 rings (SSSR count). The second kappa shape index (κ2) is 8.28. The van der Waals surface area contributed by atoms with E-state index >= 15 is 0 Å². The number of amides is 1. The monoisotopic (exact) mass is 379 g/mol. The number of hydrogen-bond acceptors (Lipinski definition) is 2. The van der Waals surface area contributed by atoms with Crippen LogP contribution in [0.5, 0.6) is 0 Å². The summed E-state index contributed by atoms with van der Waals surface area (Å²) in [5.41, 5.74) is 3.22. The van der Waals surface area contributed by atoms with E-state index in [-0.39, 0.29) is 18.2 Å². The molecule has 5 heteroatoms. The highest BCUT2D eigenvalue weighted by atomic mass is 35.5. The van der Waals surface area contributed by atoms with Crippen LogP contribution in [0, 0.1) is 17.2 Å². The summed E-state index contributed by atoms with van der Waals surface area (Å²) in [6.07, 6.45) is 2.20. The molecule has 0 spiro atoms. The van der Waals surface area contributed by atoms with Gasteiger partial charge in [-0.1, -0.05) is 55.8 Å². The van der Waals surface area contributed by atoms with Gasteiger partial charge < -0.3 is 10.3 Å². The first kappa shape index (κ1) is 19.0. The molecule has 0 unspecified atom stereocenters. The Labute approximate surface area is 164 Å². The van der Waals surface area contributed by atoms with Crippen molar-refractivity contribution < 1.29 is 4.79 Å².